The lowest BCUT2D eigenvalue weighted by atomic mass is 9.85. The summed E-state index contributed by atoms with van der Waals surface area (Å²) in [5.74, 6) is -2.80. The maximum Gasteiger partial charge on any atom is 0.405 e. The molecule has 1 aromatic carbocycles. The van der Waals surface area contributed by atoms with Crippen LogP contribution in [0.25, 0.3) is 11.2 Å². The third-order valence-corrected chi connectivity index (χ3v) is 11.4. The van der Waals surface area contributed by atoms with Gasteiger partial charge in [-0.1, -0.05) is 37.8 Å². The van der Waals surface area contributed by atoms with Crippen molar-refractivity contribution in [2.45, 2.75) is 82.1 Å². The highest BCUT2D eigenvalue weighted by Gasteiger charge is 2.38. The van der Waals surface area contributed by atoms with E-state index in [9.17, 15) is 23.9 Å². The topological polar surface area (TPSA) is 144 Å². The number of hydrogen-bond donors (Lipinski definition) is 3. The first-order chi connectivity index (χ1) is 23.9. The van der Waals surface area contributed by atoms with Gasteiger partial charge in [0.25, 0.3) is 0 Å². The summed E-state index contributed by atoms with van der Waals surface area (Å²) >= 11 is 0. The largest absolute Gasteiger partial charge is 0.465 e. The molecule has 4 heterocycles. The molecule has 1 fully saturated rings. The third kappa shape index (κ3) is 7.43. The predicted molar refractivity (Wildman–Crippen MR) is 186 cm³/mol. The molecular weight excluding hydrogens is 665 g/mol. The van der Waals surface area contributed by atoms with Crippen molar-refractivity contribution in [3.63, 3.8) is 0 Å². The van der Waals surface area contributed by atoms with Gasteiger partial charge in [-0.05, 0) is 67.1 Å². The highest BCUT2D eigenvalue weighted by atomic mass is 28.3. The van der Waals surface area contributed by atoms with Gasteiger partial charge in [-0.3, -0.25) is 14.1 Å². The molecule has 2 aliphatic rings. The zero-order valence-corrected chi connectivity index (χ0v) is 29.4. The zero-order chi connectivity index (χ0) is 35.6. The third-order valence-electron chi connectivity index (χ3n) is 9.71. The van der Waals surface area contributed by atoms with Crippen molar-refractivity contribution in [2.24, 2.45) is 0 Å². The minimum atomic E-state index is -1.32. The zero-order valence-electron chi connectivity index (χ0n) is 28.4. The van der Waals surface area contributed by atoms with Crippen molar-refractivity contribution >= 4 is 31.4 Å². The van der Waals surface area contributed by atoms with Gasteiger partial charge in [-0.2, -0.15) is 0 Å². The van der Waals surface area contributed by atoms with E-state index in [1.807, 2.05) is 6.07 Å². The molecule has 4 aromatic rings. The molecule has 1 saturated heterocycles. The Morgan fingerprint density at radius 1 is 0.960 bits per heavy atom. The number of likely N-dealkylation sites (tertiary alicyclic amines) is 1. The number of carbonyl (C=O) groups excluding carboxylic acids is 1. The molecule has 0 spiro atoms. The molecule has 12 nitrogen and oxygen atoms in total. The second-order valence-electron chi connectivity index (χ2n) is 14.2. The van der Waals surface area contributed by atoms with Crippen molar-refractivity contribution in [1.29, 1.82) is 0 Å². The Hall–Kier alpha value is -4.63. The van der Waals surface area contributed by atoms with Crippen LogP contribution in [0, 0.1) is 11.6 Å². The molecule has 0 saturated carbocycles. The number of urea groups is 1. The van der Waals surface area contributed by atoms with Crippen LogP contribution in [0.4, 0.5) is 18.4 Å². The molecule has 50 heavy (non-hydrogen) atoms. The van der Waals surface area contributed by atoms with Crippen molar-refractivity contribution in [2.75, 3.05) is 19.7 Å². The number of hydrogen-bond acceptors (Lipinski definition) is 6. The standard InChI is InChI=1S/C35H43F2N7O5Si/c1-50(2,3)20-19-49-21-43-32-28(10-6-16-39-32)44(35(43)48)22-13-17-42(18-14-22)33(45)40-27-12-11-24(23-7-4-9-26(36)29(23)37)30(41-34(46)47)25-8-5-15-38-31(25)27/h4-10,15-16,22,24,27,30,41H,11-14,17-21H2,1-3H3,(H,40,45)(H,46,47)/t24-,27-,30+/m1/s1. The van der Waals surface area contributed by atoms with Crippen LogP contribution in [0.15, 0.2) is 59.7 Å². The van der Waals surface area contributed by atoms with Crippen LogP contribution in [0.3, 0.4) is 0 Å². The van der Waals surface area contributed by atoms with E-state index >= 15 is 4.39 Å². The molecule has 0 bridgehead atoms. The number of nitrogens with one attached hydrogen (secondary N) is 2. The Balaban J connectivity index is 1.17. The highest BCUT2D eigenvalue weighted by molar-refractivity contribution is 6.76. The Bertz CT molecular complexity index is 1920. The maximum atomic E-state index is 15.1. The number of carbonyl (C=O) groups is 2. The lowest BCUT2D eigenvalue weighted by Gasteiger charge is -2.33. The fourth-order valence-corrected chi connectivity index (χ4v) is 7.88. The summed E-state index contributed by atoms with van der Waals surface area (Å²) in [5.41, 5.74) is 2.11. The summed E-state index contributed by atoms with van der Waals surface area (Å²) in [7, 11) is -1.29. The molecular formula is C35H43F2N7O5Si. The maximum absolute atomic E-state index is 15.1. The summed E-state index contributed by atoms with van der Waals surface area (Å²) in [6, 6.07) is 9.90. The molecule has 15 heteroatoms. The summed E-state index contributed by atoms with van der Waals surface area (Å²) in [6.07, 6.45) is 3.56. The van der Waals surface area contributed by atoms with E-state index in [-0.39, 0.29) is 36.5 Å². The van der Waals surface area contributed by atoms with E-state index in [0.717, 1.165) is 17.6 Å². The van der Waals surface area contributed by atoms with Gasteiger partial charge in [0.15, 0.2) is 17.3 Å². The van der Waals surface area contributed by atoms with Gasteiger partial charge in [0, 0.05) is 52.1 Å². The number of benzene rings is 1. The lowest BCUT2D eigenvalue weighted by molar-refractivity contribution is 0.0861. The number of piperidine rings is 1. The summed E-state index contributed by atoms with van der Waals surface area (Å²) < 4.78 is 38.6. The van der Waals surface area contributed by atoms with Crippen LogP contribution in [0.1, 0.15) is 66.5 Å². The Labute approximate surface area is 289 Å². The quantitative estimate of drug-likeness (QED) is 0.107. The summed E-state index contributed by atoms with van der Waals surface area (Å²) in [5, 5.41) is 15.3. The molecule has 3 N–H and O–H groups in total. The summed E-state index contributed by atoms with van der Waals surface area (Å²) in [4.78, 5) is 50.0. The summed E-state index contributed by atoms with van der Waals surface area (Å²) in [6.45, 7) is 8.31. The van der Waals surface area contributed by atoms with Gasteiger partial charge in [-0.15, -0.1) is 0 Å². The van der Waals surface area contributed by atoms with Gasteiger partial charge in [-0.25, -0.2) is 28.1 Å². The van der Waals surface area contributed by atoms with Crippen LogP contribution in [-0.2, 0) is 11.5 Å². The highest BCUT2D eigenvalue weighted by Crippen LogP contribution is 2.43. The van der Waals surface area contributed by atoms with E-state index < -0.39 is 43.8 Å². The molecule has 0 unspecified atom stereocenters. The van der Waals surface area contributed by atoms with Crippen molar-refractivity contribution in [3.05, 3.63) is 93.8 Å². The molecule has 3 amide bonds. The number of rotatable bonds is 9. The first kappa shape index (κ1) is 35.2. The molecule has 1 aliphatic heterocycles. The first-order valence-corrected chi connectivity index (χ1v) is 20.7. The molecule has 6 rings (SSSR count). The molecule has 0 radical (unpaired) electrons. The van der Waals surface area contributed by atoms with Gasteiger partial charge in [0.2, 0.25) is 0 Å². The van der Waals surface area contributed by atoms with Crippen molar-refractivity contribution in [3.8, 4) is 0 Å². The average Bonchev–Trinajstić information content (AvgIpc) is 3.28. The normalized spacial score (nSPS) is 19.9. The molecule has 1 aliphatic carbocycles. The van der Waals surface area contributed by atoms with Crippen LogP contribution < -0.4 is 16.3 Å². The number of ether oxygens (including phenoxy) is 1. The minimum absolute atomic E-state index is 0.0533. The minimum Gasteiger partial charge on any atom is -0.465 e. The molecule has 266 valence electrons. The molecule has 3 atom stereocenters. The second-order valence-corrected chi connectivity index (χ2v) is 19.8. The van der Waals surface area contributed by atoms with Crippen molar-refractivity contribution in [1.82, 2.24) is 34.6 Å². The van der Waals surface area contributed by atoms with Crippen molar-refractivity contribution < 1.29 is 28.2 Å². The fourth-order valence-electron chi connectivity index (χ4n) is 7.12. The predicted octanol–water partition coefficient (Wildman–Crippen LogP) is 6.16. The smallest absolute Gasteiger partial charge is 0.405 e. The Morgan fingerprint density at radius 2 is 1.68 bits per heavy atom. The number of halogens is 2. The van der Waals surface area contributed by atoms with E-state index in [1.165, 1.54) is 12.1 Å². The Kier molecular flexibility index (Phi) is 10.3. The average molecular weight is 708 g/mol. The second kappa shape index (κ2) is 14.7. The van der Waals surface area contributed by atoms with E-state index in [1.54, 1.807) is 44.6 Å². The van der Waals surface area contributed by atoms with Crippen LogP contribution in [0.5, 0.6) is 0 Å². The van der Waals surface area contributed by atoms with Gasteiger partial charge >= 0.3 is 17.8 Å². The van der Waals surface area contributed by atoms with E-state index in [2.05, 4.69) is 40.2 Å². The number of amides is 3. The van der Waals surface area contributed by atoms with Gasteiger partial charge in [0.1, 0.15) is 6.73 Å². The van der Waals surface area contributed by atoms with Crippen LogP contribution in [0.2, 0.25) is 25.7 Å². The van der Waals surface area contributed by atoms with Crippen LogP contribution >= 0.6 is 0 Å². The SMILES string of the molecule is C[Si](C)(C)CCOCn1c(=O)n(C2CCN(C(=O)N[C@@H]3CC[C@H](c4cccc(F)c4F)[C@H](NC(=O)O)c4cccnc43)CC2)c2cccnc21. The van der Waals surface area contributed by atoms with Crippen LogP contribution in [-0.4, -0.2) is 69.0 Å². The van der Waals surface area contributed by atoms with Gasteiger partial charge in [0.05, 0.1) is 23.3 Å². The van der Waals surface area contributed by atoms with E-state index in [0.29, 0.717) is 55.9 Å². The fraction of sp³-hybridized carbons (Fsp3) is 0.457. The number of imidazole rings is 1. The number of pyridine rings is 2. The molecule has 3 aromatic heterocycles. The Morgan fingerprint density at radius 3 is 2.42 bits per heavy atom. The van der Waals surface area contributed by atoms with Gasteiger partial charge < -0.3 is 25.4 Å². The number of aromatic nitrogens is 4. The number of carboxylic acid groups (broad SMARTS) is 1. The lowest BCUT2D eigenvalue weighted by Crippen LogP contribution is -2.46. The number of nitrogens with zero attached hydrogens (tertiary/aromatic N) is 5. The number of fused-ring (bicyclic) bond motifs is 2. The monoisotopic (exact) mass is 707 g/mol. The van der Waals surface area contributed by atoms with E-state index in [4.69, 9.17) is 4.74 Å². The first-order valence-electron chi connectivity index (χ1n) is 17.0.